The molecule has 1 heterocycles. The summed E-state index contributed by atoms with van der Waals surface area (Å²) in [6, 6.07) is 6.67. The van der Waals surface area contributed by atoms with Crippen LogP contribution in [0.1, 0.15) is 43.2 Å². The Morgan fingerprint density at radius 1 is 1.16 bits per heavy atom. The van der Waals surface area contributed by atoms with Gasteiger partial charge in [-0.05, 0) is 55.5 Å². The van der Waals surface area contributed by atoms with Gasteiger partial charge in [0.2, 0.25) is 0 Å². The molecule has 1 aromatic carbocycles. The molecule has 1 saturated carbocycles. The van der Waals surface area contributed by atoms with Gasteiger partial charge < -0.3 is 9.64 Å². The first-order valence-corrected chi connectivity index (χ1v) is 7.74. The highest BCUT2D eigenvalue weighted by Crippen LogP contribution is 2.26. The van der Waals surface area contributed by atoms with Crippen LogP contribution < -0.4 is 4.74 Å². The lowest BCUT2D eigenvalue weighted by Gasteiger charge is -2.26. The van der Waals surface area contributed by atoms with Crippen LogP contribution >= 0.6 is 0 Å². The molecule has 1 aliphatic heterocycles. The molecule has 1 aromatic rings. The molecule has 2 nitrogen and oxygen atoms in total. The second-order valence-electron chi connectivity index (χ2n) is 6.23. The van der Waals surface area contributed by atoms with Crippen molar-refractivity contribution < 1.29 is 4.74 Å². The Bertz CT molecular complexity index is 423. The van der Waals surface area contributed by atoms with E-state index in [1.165, 1.54) is 49.8 Å². The van der Waals surface area contributed by atoms with Crippen LogP contribution in [-0.4, -0.2) is 25.1 Å². The van der Waals surface area contributed by atoms with Crippen molar-refractivity contribution >= 4 is 0 Å². The van der Waals surface area contributed by atoms with Crippen molar-refractivity contribution in [1.82, 2.24) is 4.90 Å². The number of hydrogen-bond donors (Lipinski definition) is 0. The van der Waals surface area contributed by atoms with Gasteiger partial charge in [0.15, 0.2) is 0 Å². The van der Waals surface area contributed by atoms with Crippen molar-refractivity contribution in [2.24, 2.45) is 5.92 Å². The molecule has 0 atom stereocenters. The third-order valence-electron chi connectivity index (χ3n) is 4.59. The molecule has 19 heavy (non-hydrogen) atoms. The fraction of sp³-hybridized carbons (Fsp3) is 0.647. The number of rotatable bonds is 3. The normalized spacial score (nSPS) is 21.1. The fourth-order valence-corrected chi connectivity index (χ4v) is 3.33. The first-order valence-electron chi connectivity index (χ1n) is 7.74. The van der Waals surface area contributed by atoms with E-state index in [4.69, 9.17) is 4.74 Å². The lowest BCUT2D eigenvalue weighted by molar-refractivity contribution is 0.208. The third-order valence-corrected chi connectivity index (χ3v) is 4.59. The maximum atomic E-state index is 6.02. The zero-order valence-electron chi connectivity index (χ0n) is 12.0. The van der Waals surface area contributed by atoms with Crippen LogP contribution in [0.15, 0.2) is 18.2 Å². The van der Waals surface area contributed by atoms with Gasteiger partial charge in [-0.2, -0.15) is 0 Å². The predicted octanol–water partition coefficient (Wildman–Crippen LogP) is 3.63. The molecule has 0 unspecified atom stereocenters. The molecule has 104 valence electrons. The first kappa shape index (κ1) is 13.0. The average Bonchev–Trinajstić information content (AvgIpc) is 2.46. The van der Waals surface area contributed by atoms with Crippen LogP contribution in [0.25, 0.3) is 0 Å². The Kier molecular flexibility index (Phi) is 4.07. The molecule has 0 radical (unpaired) electrons. The molecule has 1 fully saturated rings. The van der Waals surface area contributed by atoms with Crippen molar-refractivity contribution in [2.45, 2.75) is 45.1 Å². The Labute approximate surface area is 116 Å². The number of nitrogens with zero attached hydrogens (tertiary/aromatic N) is 1. The smallest absolute Gasteiger partial charge is 0.119 e. The summed E-state index contributed by atoms with van der Waals surface area (Å²) in [7, 11) is 2.19. The van der Waals surface area contributed by atoms with Gasteiger partial charge in [-0.25, -0.2) is 0 Å². The topological polar surface area (TPSA) is 12.5 Å². The van der Waals surface area contributed by atoms with Gasteiger partial charge >= 0.3 is 0 Å². The molecule has 0 bridgehead atoms. The standard InChI is InChI=1S/C17H25NO/c1-18-10-9-15-11-17(8-7-16(15)12-18)19-13-14-5-3-2-4-6-14/h7-8,11,14H,2-6,9-10,12-13H2,1H3. The lowest BCUT2D eigenvalue weighted by atomic mass is 9.90. The number of fused-ring (bicyclic) bond motifs is 1. The maximum absolute atomic E-state index is 6.02. The molecular formula is C17H25NO. The second-order valence-corrected chi connectivity index (χ2v) is 6.23. The van der Waals surface area contributed by atoms with Gasteiger partial charge in [-0.15, -0.1) is 0 Å². The quantitative estimate of drug-likeness (QED) is 0.822. The summed E-state index contributed by atoms with van der Waals surface area (Å²) in [6.07, 6.45) is 8.08. The summed E-state index contributed by atoms with van der Waals surface area (Å²) in [5.41, 5.74) is 2.96. The van der Waals surface area contributed by atoms with Crippen LogP contribution in [0.2, 0.25) is 0 Å². The minimum atomic E-state index is 0.788. The number of ether oxygens (including phenoxy) is 1. The highest BCUT2D eigenvalue weighted by molar-refractivity contribution is 5.37. The van der Waals surface area contributed by atoms with Crippen molar-refractivity contribution in [3.8, 4) is 5.75 Å². The SMILES string of the molecule is CN1CCc2cc(OCC3CCCCC3)ccc2C1. The molecule has 0 N–H and O–H groups in total. The molecule has 2 heteroatoms. The minimum Gasteiger partial charge on any atom is -0.493 e. The molecule has 0 saturated heterocycles. The Hall–Kier alpha value is -1.02. The fourth-order valence-electron chi connectivity index (χ4n) is 3.33. The summed E-state index contributed by atoms with van der Waals surface area (Å²) in [5, 5.41) is 0. The van der Waals surface area contributed by atoms with Gasteiger partial charge in [0, 0.05) is 13.1 Å². The first-order chi connectivity index (χ1) is 9.31. The van der Waals surface area contributed by atoms with Crippen molar-refractivity contribution in [3.05, 3.63) is 29.3 Å². The van der Waals surface area contributed by atoms with Crippen molar-refractivity contribution in [2.75, 3.05) is 20.2 Å². The van der Waals surface area contributed by atoms with E-state index in [1.807, 2.05) is 0 Å². The number of benzene rings is 1. The summed E-state index contributed by atoms with van der Waals surface area (Å²) in [4.78, 5) is 2.38. The third kappa shape index (κ3) is 3.30. The van der Waals surface area contributed by atoms with E-state index in [0.29, 0.717) is 0 Å². The predicted molar refractivity (Wildman–Crippen MR) is 78.6 cm³/mol. The molecule has 1 aliphatic carbocycles. The maximum Gasteiger partial charge on any atom is 0.119 e. The van der Waals surface area contributed by atoms with Crippen molar-refractivity contribution in [3.63, 3.8) is 0 Å². The van der Waals surface area contributed by atoms with Gasteiger partial charge in [0.25, 0.3) is 0 Å². The Balaban J connectivity index is 1.59. The molecule has 2 aliphatic rings. The molecule has 0 spiro atoms. The minimum absolute atomic E-state index is 0.788. The summed E-state index contributed by atoms with van der Waals surface area (Å²) in [5.74, 6) is 1.87. The highest BCUT2D eigenvalue weighted by Gasteiger charge is 2.16. The van der Waals surface area contributed by atoms with E-state index in [1.54, 1.807) is 0 Å². The Morgan fingerprint density at radius 2 is 2.00 bits per heavy atom. The monoisotopic (exact) mass is 259 g/mol. The number of hydrogen-bond acceptors (Lipinski definition) is 2. The van der Waals surface area contributed by atoms with Crippen LogP contribution in [0, 0.1) is 5.92 Å². The van der Waals surface area contributed by atoms with Crippen LogP contribution in [0.3, 0.4) is 0 Å². The zero-order valence-corrected chi connectivity index (χ0v) is 12.0. The molecular weight excluding hydrogens is 234 g/mol. The number of likely N-dealkylation sites (N-methyl/N-ethyl adjacent to an activating group) is 1. The summed E-state index contributed by atoms with van der Waals surface area (Å²) >= 11 is 0. The summed E-state index contributed by atoms with van der Waals surface area (Å²) < 4.78 is 6.02. The second kappa shape index (κ2) is 5.96. The highest BCUT2D eigenvalue weighted by atomic mass is 16.5. The van der Waals surface area contributed by atoms with Crippen LogP contribution in [0.5, 0.6) is 5.75 Å². The van der Waals surface area contributed by atoms with Crippen molar-refractivity contribution in [1.29, 1.82) is 0 Å². The van der Waals surface area contributed by atoms with E-state index < -0.39 is 0 Å². The largest absolute Gasteiger partial charge is 0.493 e. The van der Waals surface area contributed by atoms with E-state index in [9.17, 15) is 0 Å². The molecule has 0 aromatic heterocycles. The van der Waals surface area contributed by atoms with E-state index in [0.717, 1.165) is 31.2 Å². The van der Waals surface area contributed by atoms with Gasteiger partial charge in [0.05, 0.1) is 6.61 Å². The van der Waals surface area contributed by atoms with E-state index >= 15 is 0 Å². The summed E-state index contributed by atoms with van der Waals surface area (Å²) in [6.45, 7) is 3.16. The van der Waals surface area contributed by atoms with E-state index in [2.05, 4.69) is 30.1 Å². The van der Waals surface area contributed by atoms with Gasteiger partial charge in [-0.1, -0.05) is 25.3 Å². The molecule has 0 amide bonds. The van der Waals surface area contributed by atoms with Gasteiger partial charge in [0.1, 0.15) is 5.75 Å². The zero-order chi connectivity index (χ0) is 13.1. The van der Waals surface area contributed by atoms with Gasteiger partial charge in [-0.3, -0.25) is 0 Å². The Morgan fingerprint density at radius 3 is 2.84 bits per heavy atom. The van der Waals surface area contributed by atoms with Crippen LogP contribution in [0.4, 0.5) is 0 Å². The lowest BCUT2D eigenvalue weighted by Crippen LogP contribution is -2.26. The average molecular weight is 259 g/mol. The van der Waals surface area contributed by atoms with Crippen LogP contribution in [-0.2, 0) is 13.0 Å². The van der Waals surface area contributed by atoms with E-state index in [-0.39, 0.29) is 0 Å². The molecule has 3 rings (SSSR count).